The lowest BCUT2D eigenvalue weighted by Crippen LogP contribution is -1.65. The van der Waals surface area contributed by atoms with Crippen molar-refractivity contribution in [3.63, 3.8) is 0 Å². The minimum atomic E-state index is 1.14. The topological polar surface area (TPSA) is 0 Å². The summed E-state index contributed by atoms with van der Waals surface area (Å²) in [7, 11) is 0. The van der Waals surface area contributed by atoms with Crippen LogP contribution in [0.15, 0.2) is 34.9 Å². The molecule has 1 heteroatoms. The minimum absolute atomic E-state index is 1.14. The number of rotatable bonds is 2. The second-order valence-electron chi connectivity index (χ2n) is 1.88. The van der Waals surface area contributed by atoms with Crippen molar-refractivity contribution in [2.24, 2.45) is 0 Å². The van der Waals surface area contributed by atoms with Gasteiger partial charge in [-0.1, -0.05) is 54.1 Å². The SMILES string of the molecule is C=C/C=C(C)\C=C(/C)Br.CC. The van der Waals surface area contributed by atoms with Gasteiger partial charge in [0.2, 0.25) is 0 Å². The first kappa shape index (κ1) is 13.3. The van der Waals surface area contributed by atoms with Gasteiger partial charge in [-0.25, -0.2) is 0 Å². The van der Waals surface area contributed by atoms with Gasteiger partial charge in [0.25, 0.3) is 0 Å². The molecule has 0 aliphatic rings. The average molecular weight is 217 g/mol. The van der Waals surface area contributed by atoms with E-state index in [1.54, 1.807) is 6.08 Å². The van der Waals surface area contributed by atoms with E-state index in [1.165, 1.54) is 5.57 Å². The Hall–Kier alpha value is -0.300. The fourth-order valence-corrected chi connectivity index (χ4v) is 0.909. The van der Waals surface area contributed by atoms with E-state index in [4.69, 9.17) is 0 Å². The molecule has 0 heterocycles. The van der Waals surface area contributed by atoms with Crippen LogP contribution in [-0.2, 0) is 0 Å². The highest BCUT2D eigenvalue weighted by Crippen LogP contribution is 2.06. The average Bonchev–Trinajstić information content (AvgIpc) is 1.91. The molecule has 0 unspecified atom stereocenters. The predicted octanol–water partition coefficient (Wildman–Crippen LogP) is 4.44. The lowest BCUT2D eigenvalue weighted by Gasteiger charge is -1.87. The van der Waals surface area contributed by atoms with Gasteiger partial charge in [0, 0.05) is 0 Å². The third kappa shape index (κ3) is 12.8. The molecule has 0 saturated carbocycles. The summed E-state index contributed by atoms with van der Waals surface area (Å²) in [5.74, 6) is 0. The van der Waals surface area contributed by atoms with Crippen LogP contribution in [0.3, 0.4) is 0 Å². The van der Waals surface area contributed by atoms with Gasteiger partial charge in [-0.15, -0.1) is 0 Å². The van der Waals surface area contributed by atoms with Crippen molar-refractivity contribution >= 4 is 15.9 Å². The van der Waals surface area contributed by atoms with E-state index in [9.17, 15) is 0 Å². The van der Waals surface area contributed by atoms with Gasteiger partial charge in [0.15, 0.2) is 0 Å². The summed E-state index contributed by atoms with van der Waals surface area (Å²) in [6, 6.07) is 0. The lowest BCUT2D eigenvalue weighted by atomic mass is 10.2. The first-order valence-corrected chi connectivity index (χ1v) is 4.59. The zero-order valence-corrected chi connectivity index (χ0v) is 9.40. The van der Waals surface area contributed by atoms with Gasteiger partial charge in [0.05, 0.1) is 0 Å². The molecule has 11 heavy (non-hydrogen) atoms. The van der Waals surface area contributed by atoms with E-state index in [0.29, 0.717) is 0 Å². The quantitative estimate of drug-likeness (QED) is 0.599. The van der Waals surface area contributed by atoms with Gasteiger partial charge in [0.1, 0.15) is 0 Å². The van der Waals surface area contributed by atoms with Gasteiger partial charge < -0.3 is 0 Å². The Balaban J connectivity index is 0. The van der Waals surface area contributed by atoms with Crippen LogP contribution < -0.4 is 0 Å². The maximum Gasteiger partial charge on any atom is -0.00778 e. The smallest absolute Gasteiger partial charge is 0.00778 e. The summed E-state index contributed by atoms with van der Waals surface area (Å²) >= 11 is 3.33. The molecular weight excluding hydrogens is 200 g/mol. The summed E-state index contributed by atoms with van der Waals surface area (Å²) in [6.07, 6.45) is 5.79. The third-order valence-electron chi connectivity index (χ3n) is 0.807. The summed E-state index contributed by atoms with van der Waals surface area (Å²) in [6.45, 7) is 11.6. The molecule has 0 saturated heterocycles. The van der Waals surface area contributed by atoms with E-state index in [1.807, 2.05) is 39.8 Å². The molecule has 0 amide bonds. The van der Waals surface area contributed by atoms with Crippen LogP contribution in [0.25, 0.3) is 0 Å². The number of halogens is 1. The summed E-state index contributed by atoms with van der Waals surface area (Å²) < 4.78 is 1.14. The van der Waals surface area contributed by atoms with Crippen LogP contribution in [0, 0.1) is 0 Å². The zero-order valence-electron chi connectivity index (χ0n) is 7.82. The second-order valence-corrected chi connectivity index (χ2v) is 3.13. The number of hydrogen-bond acceptors (Lipinski definition) is 0. The summed E-state index contributed by atoms with van der Waals surface area (Å²) in [4.78, 5) is 0. The first-order chi connectivity index (χ1) is 5.16. The Bertz CT molecular complexity index is 148. The van der Waals surface area contributed by atoms with E-state index in [2.05, 4.69) is 22.5 Å². The monoisotopic (exact) mass is 216 g/mol. The zero-order chi connectivity index (χ0) is 9.28. The highest BCUT2D eigenvalue weighted by Gasteiger charge is 1.79. The molecule has 0 fully saturated rings. The molecule has 0 rings (SSSR count). The molecular formula is C10H17Br. The molecule has 0 N–H and O–H groups in total. The molecule has 0 aromatic heterocycles. The van der Waals surface area contributed by atoms with Crippen LogP contribution in [0.1, 0.15) is 27.7 Å². The molecule has 0 aromatic rings. The molecule has 0 atom stereocenters. The van der Waals surface area contributed by atoms with Crippen molar-refractivity contribution in [3.05, 3.63) is 34.9 Å². The standard InChI is InChI=1S/C8H11Br.C2H6/c1-4-5-7(2)6-8(3)9;1-2/h4-6H,1H2,2-3H3;1-2H3/b7-5-,8-6+;. The highest BCUT2D eigenvalue weighted by atomic mass is 79.9. The summed E-state index contributed by atoms with van der Waals surface area (Å²) in [5, 5.41) is 0. The van der Waals surface area contributed by atoms with Crippen LogP contribution in [0.5, 0.6) is 0 Å². The van der Waals surface area contributed by atoms with Gasteiger partial charge in [-0.2, -0.15) is 0 Å². The maximum absolute atomic E-state index is 3.59. The Kier molecular flexibility index (Phi) is 11.7. The van der Waals surface area contributed by atoms with E-state index in [-0.39, 0.29) is 0 Å². The fraction of sp³-hybridized carbons (Fsp3) is 0.400. The van der Waals surface area contributed by atoms with Gasteiger partial charge in [-0.05, 0) is 24.4 Å². The molecule has 0 nitrogen and oxygen atoms in total. The predicted molar refractivity (Wildman–Crippen MR) is 58.0 cm³/mol. The number of allylic oxidation sites excluding steroid dienone is 5. The minimum Gasteiger partial charge on any atom is -0.0991 e. The fourth-order valence-electron chi connectivity index (χ4n) is 0.548. The Labute approximate surface area is 78.8 Å². The van der Waals surface area contributed by atoms with E-state index in [0.717, 1.165) is 4.48 Å². The van der Waals surface area contributed by atoms with Crippen molar-refractivity contribution in [2.75, 3.05) is 0 Å². The van der Waals surface area contributed by atoms with Crippen LogP contribution in [0.4, 0.5) is 0 Å². The molecule has 64 valence electrons. The van der Waals surface area contributed by atoms with Crippen molar-refractivity contribution in [1.82, 2.24) is 0 Å². The van der Waals surface area contributed by atoms with Gasteiger partial charge in [-0.3, -0.25) is 0 Å². The molecule has 0 aliphatic heterocycles. The maximum atomic E-state index is 3.59. The highest BCUT2D eigenvalue weighted by molar-refractivity contribution is 9.11. The Morgan fingerprint density at radius 1 is 1.27 bits per heavy atom. The van der Waals surface area contributed by atoms with Crippen molar-refractivity contribution in [2.45, 2.75) is 27.7 Å². The van der Waals surface area contributed by atoms with Crippen molar-refractivity contribution < 1.29 is 0 Å². The second kappa shape index (κ2) is 9.70. The molecule has 0 spiro atoms. The Morgan fingerprint density at radius 2 is 1.73 bits per heavy atom. The molecule has 0 bridgehead atoms. The van der Waals surface area contributed by atoms with Crippen LogP contribution >= 0.6 is 15.9 Å². The first-order valence-electron chi connectivity index (χ1n) is 3.80. The van der Waals surface area contributed by atoms with Crippen molar-refractivity contribution in [1.29, 1.82) is 0 Å². The van der Waals surface area contributed by atoms with E-state index < -0.39 is 0 Å². The third-order valence-corrected chi connectivity index (χ3v) is 1.04. The largest absolute Gasteiger partial charge is 0.0991 e. The molecule has 0 aromatic carbocycles. The summed E-state index contributed by atoms with van der Waals surface area (Å²) in [5.41, 5.74) is 1.21. The number of hydrogen-bond donors (Lipinski definition) is 0. The van der Waals surface area contributed by atoms with E-state index >= 15 is 0 Å². The lowest BCUT2D eigenvalue weighted by molar-refractivity contribution is 1.49. The molecule has 0 aliphatic carbocycles. The normalized spacial score (nSPS) is 11.7. The van der Waals surface area contributed by atoms with Crippen molar-refractivity contribution in [3.8, 4) is 0 Å². The van der Waals surface area contributed by atoms with Crippen LogP contribution in [-0.4, -0.2) is 0 Å². The van der Waals surface area contributed by atoms with Gasteiger partial charge >= 0.3 is 0 Å². The Morgan fingerprint density at radius 3 is 2.00 bits per heavy atom. The molecule has 0 radical (unpaired) electrons. The van der Waals surface area contributed by atoms with Crippen LogP contribution in [0.2, 0.25) is 0 Å².